The molecule has 4 aliphatic carbocycles. The van der Waals surface area contributed by atoms with Crippen LogP contribution in [0.3, 0.4) is 0 Å². The number of anilines is 5. The molecule has 0 spiro atoms. The third kappa shape index (κ3) is 16.7. The third-order valence-corrected chi connectivity index (χ3v) is 29.9. The Morgan fingerprint density at radius 1 is 0.455 bits per heavy atom. The Labute approximate surface area is 778 Å². The van der Waals surface area contributed by atoms with E-state index in [4.69, 9.17) is 26.1 Å². The highest BCUT2D eigenvalue weighted by Crippen LogP contribution is 2.54. The highest BCUT2D eigenvalue weighted by atomic mass is 35.5. The topological polar surface area (TPSA) is 386 Å². The van der Waals surface area contributed by atoms with Crippen molar-refractivity contribution in [1.82, 2.24) is 44.5 Å². The fourth-order valence-corrected chi connectivity index (χ4v) is 22.4. The number of nitrogens with one attached hydrogen (secondary N) is 4. The number of H-pyrrole nitrogens is 4. The second-order valence-electron chi connectivity index (χ2n) is 35.8. The molecule has 0 bridgehead atoms. The van der Waals surface area contributed by atoms with Gasteiger partial charge >= 0.3 is 5.63 Å². The summed E-state index contributed by atoms with van der Waals surface area (Å²) in [6, 6.07) is 57.1. The molecule has 0 amide bonds. The Balaban J connectivity index is 0.000000124. The first-order valence-corrected chi connectivity index (χ1v) is 47.4. The average molecular weight is 1840 g/mol. The lowest BCUT2D eigenvalue weighted by Gasteiger charge is -2.60. The Hall–Kier alpha value is -11.5. The number of benzene rings is 7. The highest BCUT2D eigenvalue weighted by molar-refractivity contribution is 8.04. The number of thioether (sulfide) groups is 2. The molecule has 27 nitrogen and oxygen atoms in total. The molecule has 8 aliphatic rings. The maximum absolute atomic E-state index is 13.7. The number of unbranched alkanes of at least 4 members (excludes halogenated alkanes) is 2. The van der Waals surface area contributed by atoms with Crippen molar-refractivity contribution in [2.75, 3.05) is 58.7 Å². The van der Waals surface area contributed by atoms with Crippen molar-refractivity contribution < 1.29 is 45.4 Å². The Morgan fingerprint density at radius 3 is 1.36 bits per heavy atom. The summed E-state index contributed by atoms with van der Waals surface area (Å²) in [5.41, 5.74) is 10.6. The summed E-state index contributed by atoms with van der Waals surface area (Å²) in [5.74, 6) is -3.84. The van der Waals surface area contributed by atoms with Gasteiger partial charge in [-0.05, 0) is 170 Å². The molecule has 20 rings (SSSR count). The van der Waals surface area contributed by atoms with E-state index in [0.717, 1.165) is 121 Å². The number of para-hydroxylation sites is 6. The number of hydrogen-bond donors (Lipinski definition) is 4. The van der Waals surface area contributed by atoms with Gasteiger partial charge in [-0.2, -0.15) is 0 Å². The van der Waals surface area contributed by atoms with Crippen LogP contribution >= 0.6 is 35.1 Å². The number of halogens is 1. The summed E-state index contributed by atoms with van der Waals surface area (Å²) in [6.45, 7) is 15.6. The minimum atomic E-state index is -1.23. The van der Waals surface area contributed by atoms with Crippen LogP contribution in [0.15, 0.2) is 261 Å². The lowest BCUT2D eigenvalue weighted by molar-refractivity contribution is -0.543. The van der Waals surface area contributed by atoms with Gasteiger partial charge in [-0.15, -0.1) is 48.8 Å². The minimum absolute atomic E-state index is 0.153. The van der Waals surface area contributed by atoms with Gasteiger partial charge in [0.25, 0.3) is 16.7 Å². The number of allylic oxidation sites excluding steroid dienone is 1. The van der Waals surface area contributed by atoms with Gasteiger partial charge in [0.1, 0.15) is 5.82 Å². The van der Waals surface area contributed by atoms with Crippen LogP contribution < -0.4 is 87.7 Å². The van der Waals surface area contributed by atoms with E-state index < -0.39 is 107 Å². The number of fused-ring (bicyclic) bond motifs is 5. The number of aryl methyl sites for hydroxylation is 4. The zero-order valence-corrected chi connectivity index (χ0v) is 77.8. The molecule has 4 N–H and O–H groups in total. The summed E-state index contributed by atoms with van der Waals surface area (Å²) < 4.78 is 9.24. The first-order chi connectivity index (χ1) is 63.6. The molecule has 132 heavy (non-hydrogen) atoms. The molecule has 12 aromatic rings. The van der Waals surface area contributed by atoms with Crippen molar-refractivity contribution in [3.63, 3.8) is 0 Å². The standard InChI is InChI=1S/C32H36N6O3.C25H23ClN2O4.C25H25N3O3S.C20H23N3O3S/c1-4-6-17-36-25(37(18-7-5-2)31-30(36)33-23-15-11-12-16-24(23)34-31)19-22-28(39)27(29(22)40)26-20(3)35-38(32(26)41)21-13-9-8-10-14-21;1-25(2)16-11-14(26)9-10-17(16)28(3)18(25)12-15-22(29)20(23(15)30)19-21(27-32-24(19)31)13-7-5-4-6-8-13;1-3-9-17-21(25(31)28(26-17)15-10-5-4-6-11-15)22-23(29)16(24(22)30)14-20-27(2)18-12-7-8-13-19(18)32-20;1-4-7-12-16(20(26)23(3)21-12)17-18(24)11(19(17)25)10-15-22(2)13-8-5-6-9-14(13)27-15/h8-16,19,22,27-29,35H,4-7,17-18H2,1-3H3;4-12,15,20,22-23,27H,1-3H3;4-8,10-14,16,22-24,26H,3,9H2,1-2H3;5-6,8-11,17-19,21H,4,7H2,1-3H3/q4*-2. The van der Waals surface area contributed by atoms with Crippen molar-refractivity contribution in [3.8, 4) is 22.6 Å². The van der Waals surface area contributed by atoms with Crippen LogP contribution in [-0.2, 0) is 25.3 Å². The fourth-order valence-electron chi connectivity index (χ4n) is 20.0. The number of hydrogen-bond acceptors (Lipinski definition) is 22. The summed E-state index contributed by atoms with van der Waals surface area (Å²) >= 11 is 9.37. The van der Waals surface area contributed by atoms with Gasteiger partial charge in [0.2, 0.25) is 0 Å². The second kappa shape index (κ2) is 38.3. The van der Waals surface area contributed by atoms with Gasteiger partial charge in [-0.3, -0.25) is 34.4 Å². The van der Waals surface area contributed by atoms with Crippen molar-refractivity contribution >= 4 is 74.9 Å². The summed E-state index contributed by atoms with van der Waals surface area (Å²) in [4.78, 5) is 74.0. The first kappa shape index (κ1) is 92.4. The SMILES string of the molecule is CCCCN1C(=CC2C([O-])C(c3c(C)[nH]n(-c4ccccc4)c3=O)C2[O-])N(CCCC)c2nc3ccccc3nc21.CCCc1[nH]n(-c2ccccc2)c(=O)c1C1C([O-])C(C=C2Sc3ccccc3N2C)C1[O-].CCCc1[nH]n(C)c(=O)c1C1C([O-])C(C=C2Sc3ccccc3N2C)C1[O-].CN1C(=CC2C([O-])C(c3c(-c4ccccc4)[nH]oc3=O)C2[O-])C(C)(C)c2cc(Cl)ccc21. The Bertz CT molecular complexity index is 6520. The van der Waals surface area contributed by atoms with Gasteiger partial charge in [0.15, 0.2) is 11.6 Å². The molecule has 690 valence electrons. The van der Waals surface area contributed by atoms with Crippen LogP contribution in [0.4, 0.5) is 28.7 Å². The predicted molar refractivity (Wildman–Crippen MR) is 502 cm³/mol. The summed E-state index contributed by atoms with van der Waals surface area (Å²) in [6.07, 6.45) is 4.75. The zero-order chi connectivity index (χ0) is 93.2. The lowest BCUT2D eigenvalue weighted by Crippen LogP contribution is -2.65. The quantitative estimate of drug-likeness (QED) is 0.0520. The van der Waals surface area contributed by atoms with Gasteiger partial charge in [0.05, 0.1) is 55.1 Å². The van der Waals surface area contributed by atoms with Gasteiger partial charge in [-0.1, -0.05) is 224 Å². The fraction of sp³-hybridized carbons (Fsp3) is 0.373. The number of aromatic amines is 4. The third-order valence-electron chi connectivity index (χ3n) is 27.3. The van der Waals surface area contributed by atoms with Crippen LogP contribution in [0.2, 0.25) is 5.02 Å². The molecule has 8 unspecified atom stereocenters. The molecule has 7 aromatic carbocycles. The van der Waals surface area contributed by atoms with E-state index in [0.29, 0.717) is 81.7 Å². The smallest absolute Gasteiger partial charge is 0.361 e. The lowest BCUT2D eigenvalue weighted by atomic mass is 9.64. The van der Waals surface area contributed by atoms with Crippen LogP contribution in [0, 0.1) is 30.6 Å². The van der Waals surface area contributed by atoms with Crippen LogP contribution in [-0.4, -0.2) is 128 Å². The molecule has 9 heterocycles. The maximum Gasteiger partial charge on any atom is 0.361 e. The Morgan fingerprint density at radius 2 is 0.871 bits per heavy atom. The molecule has 30 heteroatoms. The largest absolute Gasteiger partial charge is 0.851 e. The monoisotopic (exact) mass is 1830 g/mol. The van der Waals surface area contributed by atoms with E-state index in [1.54, 1.807) is 55.7 Å². The summed E-state index contributed by atoms with van der Waals surface area (Å²) in [7, 11) is 7.45. The van der Waals surface area contributed by atoms with Crippen molar-refractivity contribution in [2.24, 2.45) is 30.7 Å². The number of nitrogens with zero attached hydrogens (tertiary/aromatic N) is 10. The minimum Gasteiger partial charge on any atom is -0.851 e. The molecule has 4 fully saturated rings. The van der Waals surface area contributed by atoms with Crippen molar-refractivity contribution in [3.05, 3.63) is 319 Å². The van der Waals surface area contributed by atoms with E-state index in [2.05, 4.69) is 57.9 Å². The molecular formula is C102H107ClN14O13S2-8. The van der Waals surface area contributed by atoms with Crippen LogP contribution in [0.5, 0.6) is 0 Å². The first-order valence-electron chi connectivity index (χ1n) is 45.4. The van der Waals surface area contributed by atoms with E-state index in [-0.39, 0.29) is 22.2 Å². The predicted octanol–water partition coefficient (Wildman–Crippen LogP) is 9.42. The van der Waals surface area contributed by atoms with E-state index in [1.807, 2.05) is 238 Å². The molecule has 4 aliphatic heterocycles. The summed E-state index contributed by atoms with van der Waals surface area (Å²) in [5, 5.41) is 121. The normalized spacial score (nSPS) is 25.5. The Kier molecular flexibility index (Phi) is 26.8. The van der Waals surface area contributed by atoms with Gasteiger partial charge in [-0.25, -0.2) is 29.3 Å². The number of rotatable bonds is 21. The van der Waals surface area contributed by atoms with E-state index in [1.165, 1.54) is 14.0 Å². The molecule has 0 radical (unpaired) electrons. The molecular weight excluding hydrogens is 1730 g/mol. The zero-order valence-electron chi connectivity index (χ0n) is 75.4. The van der Waals surface area contributed by atoms with Crippen LogP contribution in [0.1, 0.15) is 149 Å². The van der Waals surface area contributed by atoms with Crippen molar-refractivity contribution in [1.29, 1.82) is 0 Å². The molecule has 0 saturated heterocycles. The van der Waals surface area contributed by atoms with Crippen molar-refractivity contribution in [2.45, 2.75) is 188 Å². The number of likely N-dealkylation sites (N-methyl/N-ethyl adjacent to an activating group) is 1. The molecule has 5 aromatic heterocycles. The highest BCUT2D eigenvalue weighted by Gasteiger charge is 2.48. The molecule has 8 atom stereocenters. The molecule has 4 saturated carbocycles. The average Bonchev–Trinajstić information content (AvgIpc) is 1.53. The van der Waals surface area contributed by atoms with Crippen LogP contribution in [0.25, 0.3) is 33.7 Å². The van der Waals surface area contributed by atoms with E-state index in [9.17, 15) is 60.0 Å². The van der Waals surface area contributed by atoms with Gasteiger partial charge < -0.3 is 69.9 Å². The second-order valence-corrected chi connectivity index (χ2v) is 38.4. The maximum atomic E-state index is 13.7. The number of aromatic nitrogens is 9. The van der Waals surface area contributed by atoms with Gasteiger partial charge in [0, 0.05) is 112 Å². The van der Waals surface area contributed by atoms with E-state index >= 15 is 0 Å².